The van der Waals surface area contributed by atoms with E-state index in [-0.39, 0.29) is 17.9 Å². The number of carbonyl (C=O) groups excluding carboxylic acids is 2. The third-order valence-corrected chi connectivity index (χ3v) is 8.57. The second-order valence-electron chi connectivity index (χ2n) is 9.82. The van der Waals surface area contributed by atoms with E-state index < -0.39 is 0 Å². The summed E-state index contributed by atoms with van der Waals surface area (Å²) in [6, 6.07) is 18.7. The number of hydrogen-bond acceptors (Lipinski definition) is 5. The average Bonchev–Trinajstić information content (AvgIpc) is 3.19. The summed E-state index contributed by atoms with van der Waals surface area (Å²) in [6.07, 6.45) is 4.73. The number of nitrogens with zero attached hydrogens (tertiary/aromatic N) is 4. The van der Waals surface area contributed by atoms with Crippen molar-refractivity contribution in [3.05, 3.63) is 60.2 Å². The molecule has 2 aromatic rings. The normalized spacial score (nSPS) is 21.9. The molecule has 0 bridgehead atoms. The topological polar surface area (TPSA) is 47.1 Å². The van der Waals surface area contributed by atoms with E-state index in [2.05, 4.69) is 51.1 Å². The number of fused-ring (bicyclic) bond motifs is 1. The van der Waals surface area contributed by atoms with Gasteiger partial charge in [-0.05, 0) is 30.5 Å². The van der Waals surface area contributed by atoms with Gasteiger partial charge in [0, 0.05) is 49.9 Å². The minimum absolute atomic E-state index is 0.0381. The minimum atomic E-state index is 0.0381. The molecule has 7 heteroatoms. The summed E-state index contributed by atoms with van der Waals surface area (Å²) in [5, 5.41) is 0. The monoisotopic (exact) mass is 492 g/mol. The van der Waals surface area contributed by atoms with Crippen molar-refractivity contribution in [2.24, 2.45) is 0 Å². The molecule has 0 radical (unpaired) electrons. The van der Waals surface area contributed by atoms with E-state index >= 15 is 0 Å². The van der Waals surface area contributed by atoms with E-state index in [0.29, 0.717) is 13.1 Å². The maximum Gasteiger partial charge on any atom is 0.241 e. The molecule has 0 N–H and O–H groups in total. The molecule has 2 amide bonds. The smallest absolute Gasteiger partial charge is 0.241 e. The second-order valence-corrected chi connectivity index (χ2v) is 10.9. The quantitative estimate of drug-likeness (QED) is 0.634. The number of para-hydroxylation sites is 1. The van der Waals surface area contributed by atoms with Crippen molar-refractivity contribution < 1.29 is 9.59 Å². The Kier molecular flexibility index (Phi) is 8.06. The van der Waals surface area contributed by atoms with Gasteiger partial charge in [0.15, 0.2) is 0 Å². The van der Waals surface area contributed by atoms with E-state index in [1.54, 1.807) is 0 Å². The van der Waals surface area contributed by atoms with Crippen molar-refractivity contribution >= 4 is 29.3 Å². The number of rotatable bonds is 5. The van der Waals surface area contributed by atoms with Crippen LogP contribution in [0.1, 0.15) is 37.3 Å². The van der Waals surface area contributed by atoms with Gasteiger partial charge in [0.1, 0.15) is 0 Å². The summed E-state index contributed by atoms with van der Waals surface area (Å²) in [4.78, 5) is 36.3. The van der Waals surface area contributed by atoms with Crippen LogP contribution in [0.3, 0.4) is 0 Å². The Labute approximate surface area is 213 Å². The highest BCUT2D eigenvalue weighted by Gasteiger charge is 2.33. The fraction of sp³-hybridized carbons (Fsp3) is 0.500. The molecule has 1 atom stereocenters. The van der Waals surface area contributed by atoms with Gasteiger partial charge in [0.05, 0.1) is 24.8 Å². The number of amides is 2. The molecule has 3 aliphatic rings. The van der Waals surface area contributed by atoms with Crippen LogP contribution in [-0.2, 0) is 9.59 Å². The molecule has 0 aliphatic carbocycles. The summed E-state index contributed by atoms with van der Waals surface area (Å²) in [5.41, 5.74) is 2.20. The van der Waals surface area contributed by atoms with Gasteiger partial charge in [-0.3, -0.25) is 19.4 Å². The van der Waals surface area contributed by atoms with Crippen LogP contribution in [0.15, 0.2) is 59.5 Å². The summed E-state index contributed by atoms with van der Waals surface area (Å²) < 4.78 is 0. The number of thioether (sulfide) groups is 1. The van der Waals surface area contributed by atoms with Crippen LogP contribution in [0.25, 0.3) is 0 Å². The first-order valence-electron chi connectivity index (χ1n) is 13.0. The maximum absolute atomic E-state index is 13.7. The van der Waals surface area contributed by atoms with E-state index in [1.165, 1.54) is 23.3 Å². The highest BCUT2D eigenvalue weighted by Crippen LogP contribution is 2.43. The van der Waals surface area contributed by atoms with Crippen molar-refractivity contribution in [2.45, 2.75) is 36.6 Å². The van der Waals surface area contributed by atoms with Crippen molar-refractivity contribution in [1.29, 1.82) is 0 Å². The molecule has 186 valence electrons. The van der Waals surface area contributed by atoms with Crippen molar-refractivity contribution in [3.8, 4) is 0 Å². The molecule has 0 saturated carbocycles. The van der Waals surface area contributed by atoms with Gasteiger partial charge in [-0.15, -0.1) is 11.8 Å². The van der Waals surface area contributed by atoms with Crippen molar-refractivity contribution in [1.82, 2.24) is 14.7 Å². The molecule has 0 aromatic heterocycles. The van der Waals surface area contributed by atoms with Crippen LogP contribution in [0.4, 0.5) is 5.69 Å². The molecule has 3 aliphatic heterocycles. The Balaban J connectivity index is 1.20. The van der Waals surface area contributed by atoms with Crippen LogP contribution < -0.4 is 4.90 Å². The molecular weight excluding hydrogens is 456 g/mol. The summed E-state index contributed by atoms with van der Waals surface area (Å²) in [7, 11) is 0. The number of carbonyl (C=O) groups is 2. The van der Waals surface area contributed by atoms with Crippen LogP contribution in [0.5, 0.6) is 0 Å². The Bertz CT molecular complexity index is 1000. The zero-order valence-electron chi connectivity index (χ0n) is 20.5. The first kappa shape index (κ1) is 24.3. The lowest BCUT2D eigenvalue weighted by Crippen LogP contribution is -2.53. The standard InChI is InChI=1S/C28H36N4O2S/c33-27(31-14-8-1-2-9-15-31)20-29-16-18-30(19-17-29)21-28(34)32-24-12-6-7-13-26(24)35-22-25(32)23-10-4-3-5-11-23/h3-7,10-13,25H,1-2,8-9,14-22H2. The maximum atomic E-state index is 13.7. The average molecular weight is 493 g/mol. The molecule has 2 aromatic carbocycles. The predicted molar refractivity (Wildman–Crippen MR) is 142 cm³/mol. The molecule has 1 unspecified atom stereocenters. The SMILES string of the molecule is O=C(CN1CCN(CC(=O)N2c3ccccc3SCC2c2ccccc2)CC1)N1CCCCCC1. The highest BCUT2D eigenvalue weighted by atomic mass is 32.2. The van der Waals surface area contributed by atoms with Gasteiger partial charge in [0.25, 0.3) is 0 Å². The van der Waals surface area contributed by atoms with Crippen LogP contribution in [-0.4, -0.2) is 84.6 Å². The lowest BCUT2D eigenvalue weighted by Gasteiger charge is -2.40. The number of likely N-dealkylation sites (tertiary alicyclic amines) is 1. The molecule has 6 nitrogen and oxygen atoms in total. The number of anilines is 1. The van der Waals surface area contributed by atoms with Crippen LogP contribution >= 0.6 is 11.8 Å². The number of benzene rings is 2. The molecule has 2 fully saturated rings. The van der Waals surface area contributed by atoms with E-state index in [4.69, 9.17) is 0 Å². The fourth-order valence-corrected chi connectivity index (χ4v) is 6.57. The Hall–Kier alpha value is -2.35. The first-order valence-corrected chi connectivity index (χ1v) is 14.0. The summed E-state index contributed by atoms with van der Waals surface area (Å²) in [6.45, 7) is 6.04. The van der Waals surface area contributed by atoms with E-state index in [0.717, 1.165) is 63.6 Å². The molecule has 3 heterocycles. The number of piperazine rings is 1. The van der Waals surface area contributed by atoms with Crippen molar-refractivity contribution in [3.63, 3.8) is 0 Å². The lowest BCUT2D eigenvalue weighted by molar-refractivity contribution is -0.133. The number of hydrogen-bond donors (Lipinski definition) is 0. The Morgan fingerprint density at radius 3 is 2.00 bits per heavy atom. The Morgan fingerprint density at radius 2 is 1.31 bits per heavy atom. The summed E-state index contributed by atoms with van der Waals surface area (Å²) in [5.74, 6) is 1.28. The molecule has 0 spiro atoms. The van der Waals surface area contributed by atoms with E-state index in [9.17, 15) is 9.59 Å². The lowest BCUT2D eigenvalue weighted by atomic mass is 10.1. The zero-order chi connectivity index (χ0) is 24.0. The Morgan fingerprint density at radius 1 is 0.714 bits per heavy atom. The van der Waals surface area contributed by atoms with Crippen LogP contribution in [0.2, 0.25) is 0 Å². The largest absolute Gasteiger partial charge is 0.342 e. The second kappa shape index (κ2) is 11.6. The molecular formula is C28H36N4O2S. The van der Waals surface area contributed by atoms with Gasteiger partial charge in [-0.25, -0.2) is 0 Å². The summed E-state index contributed by atoms with van der Waals surface area (Å²) >= 11 is 1.83. The highest BCUT2D eigenvalue weighted by molar-refractivity contribution is 7.99. The fourth-order valence-electron chi connectivity index (χ4n) is 5.40. The minimum Gasteiger partial charge on any atom is -0.342 e. The first-order chi connectivity index (χ1) is 17.2. The molecule has 35 heavy (non-hydrogen) atoms. The van der Waals surface area contributed by atoms with Gasteiger partial charge in [-0.1, -0.05) is 55.3 Å². The third-order valence-electron chi connectivity index (χ3n) is 7.43. The molecule has 2 saturated heterocycles. The van der Waals surface area contributed by atoms with Gasteiger partial charge in [-0.2, -0.15) is 0 Å². The van der Waals surface area contributed by atoms with Crippen LogP contribution in [0, 0.1) is 0 Å². The predicted octanol–water partition coefficient (Wildman–Crippen LogP) is 3.89. The third kappa shape index (κ3) is 5.90. The van der Waals surface area contributed by atoms with E-state index in [1.807, 2.05) is 34.9 Å². The van der Waals surface area contributed by atoms with Crippen molar-refractivity contribution in [2.75, 3.05) is 63.0 Å². The molecule has 5 rings (SSSR count). The van der Waals surface area contributed by atoms with Gasteiger partial charge >= 0.3 is 0 Å². The van der Waals surface area contributed by atoms with Gasteiger partial charge in [0.2, 0.25) is 11.8 Å². The zero-order valence-corrected chi connectivity index (χ0v) is 21.3. The van der Waals surface area contributed by atoms with Gasteiger partial charge < -0.3 is 9.80 Å².